The van der Waals surface area contributed by atoms with E-state index in [-0.39, 0.29) is 5.56 Å². The molecule has 12 heavy (non-hydrogen) atoms. The highest BCUT2D eigenvalue weighted by atomic mass is 16.1. The molecular weight excluding hydrogens is 154 g/mol. The number of nitrogens with zero attached hydrogens (tertiary/aromatic N) is 2. The number of hydrogen-bond acceptors (Lipinski definition) is 3. The van der Waals surface area contributed by atoms with Crippen molar-refractivity contribution in [3.8, 4) is 0 Å². The Bertz CT molecular complexity index is 314. The van der Waals surface area contributed by atoms with Crippen molar-refractivity contribution < 1.29 is 0 Å². The van der Waals surface area contributed by atoms with Gasteiger partial charge in [0.2, 0.25) is 0 Å². The summed E-state index contributed by atoms with van der Waals surface area (Å²) in [5.74, 6) is 0.847. The molecule has 0 amide bonds. The van der Waals surface area contributed by atoms with Gasteiger partial charge in [0.1, 0.15) is 5.82 Å². The van der Waals surface area contributed by atoms with Gasteiger partial charge in [0.05, 0.1) is 12.4 Å². The lowest BCUT2D eigenvalue weighted by Gasteiger charge is -2.15. The van der Waals surface area contributed by atoms with Crippen LogP contribution in [0, 0.1) is 0 Å². The number of nitrogens with one attached hydrogen (secondary N) is 1. The highest BCUT2D eigenvalue weighted by molar-refractivity contribution is 5.35. The van der Waals surface area contributed by atoms with Crippen molar-refractivity contribution in [2.24, 2.45) is 0 Å². The predicted molar refractivity (Wildman–Crippen MR) is 46.3 cm³/mol. The summed E-state index contributed by atoms with van der Waals surface area (Å²) in [6.45, 7) is 2.06. The van der Waals surface area contributed by atoms with E-state index >= 15 is 0 Å². The monoisotopic (exact) mass is 165 g/mol. The Morgan fingerprint density at radius 3 is 2.75 bits per heavy atom. The highest BCUT2D eigenvalue weighted by Gasteiger charge is 2.12. The molecule has 1 aromatic heterocycles. The van der Waals surface area contributed by atoms with Gasteiger partial charge in [0.15, 0.2) is 0 Å². The minimum absolute atomic E-state index is 0.126. The molecule has 1 aliphatic rings. The van der Waals surface area contributed by atoms with E-state index < -0.39 is 0 Å². The molecule has 4 heteroatoms. The molecule has 0 aromatic carbocycles. The summed E-state index contributed by atoms with van der Waals surface area (Å²) < 4.78 is 0. The summed E-state index contributed by atoms with van der Waals surface area (Å²) in [6.07, 6.45) is 5.40. The van der Waals surface area contributed by atoms with Crippen LogP contribution in [0.4, 0.5) is 5.82 Å². The van der Waals surface area contributed by atoms with E-state index in [4.69, 9.17) is 0 Å². The largest absolute Gasteiger partial charge is 0.357 e. The molecular formula is C8H11N3O. The number of aromatic nitrogens is 2. The summed E-state index contributed by atoms with van der Waals surface area (Å²) >= 11 is 0. The lowest BCUT2D eigenvalue weighted by molar-refractivity contribution is 0.917. The van der Waals surface area contributed by atoms with E-state index in [0.29, 0.717) is 0 Å². The second kappa shape index (κ2) is 2.97. The standard InChI is InChI=1S/C8H11N3O/c12-8-6-9-5-7(10-8)11-3-1-2-4-11/h5-6H,1-4H2,(H,10,12). The van der Waals surface area contributed by atoms with Gasteiger partial charge in [-0.1, -0.05) is 0 Å². The number of rotatable bonds is 1. The zero-order chi connectivity index (χ0) is 8.39. The first kappa shape index (κ1) is 7.34. The summed E-state index contributed by atoms with van der Waals surface area (Å²) in [4.78, 5) is 19.6. The third-order valence-corrected chi connectivity index (χ3v) is 2.09. The van der Waals surface area contributed by atoms with E-state index in [9.17, 15) is 4.79 Å². The summed E-state index contributed by atoms with van der Waals surface area (Å²) in [7, 11) is 0. The van der Waals surface area contributed by atoms with Gasteiger partial charge in [-0.15, -0.1) is 0 Å². The van der Waals surface area contributed by atoms with Gasteiger partial charge in [-0.05, 0) is 12.8 Å². The Morgan fingerprint density at radius 1 is 1.33 bits per heavy atom. The average molecular weight is 165 g/mol. The molecule has 2 rings (SSSR count). The summed E-state index contributed by atoms with van der Waals surface area (Å²) in [5.41, 5.74) is -0.126. The van der Waals surface area contributed by atoms with Gasteiger partial charge in [0.25, 0.3) is 5.56 Å². The van der Waals surface area contributed by atoms with Crippen molar-refractivity contribution in [2.45, 2.75) is 12.8 Å². The topological polar surface area (TPSA) is 49.0 Å². The van der Waals surface area contributed by atoms with Gasteiger partial charge in [-0.2, -0.15) is 0 Å². The molecule has 0 unspecified atom stereocenters. The van der Waals surface area contributed by atoms with Gasteiger partial charge in [-0.25, -0.2) is 0 Å². The van der Waals surface area contributed by atoms with Crippen molar-refractivity contribution >= 4 is 5.82 Å². The van der Waals surface area contributed by atoms with Gasteiger partial charge in [0, 0.05) is 13.1 Å². The molecule has 0 spiro atoms. The van der Waals surface area contributed by atoms with Crippen LogP contribution in [0.1, 0.15) is 12.8 Å². The summed E-state index contributed by atoms with van der Waals surface area (Å²) in [5, 5.41) is 0. The van der Waals surface area contributed by atoms with Gasteiger partial charge < -0.3 is 9.88 Å². The molecule has 1 fully saturated rings. The zero-order valence-electron chi connectivity index (χ0n) is 6.79. The van der Waals surface area contributed by atoms with E-state index in [1.807, 2.05) is 0 Å². The van der Waals surface area contributed by atoms with Crippen molar-refractivity contribution in [3.63, 3.8) is 0 Å². The predicted octanol–water partition coefficient (Wildman–Crippen LogP) is 0.370. The highest BCUT2D eigenvalue weighted by Crippen LogP contribution is 2.14. The van der Waals surface area contributed by atoms with Crippen molar-refractivity contribution in [1.29, 1.82) is 0 Å². The van der Waals surface area contributed by atoms with Crippen LogP contribution in [0.3, 0.4) is 0 Å². The van der Waals surface area contributed by atoms with E-state index in [0.717, 1.165) is 18.9 Å². The molecule has 0 bridgehead atoms. The minimum atomic E-state index is -0.126. The number of aromatic amines is 1. The molecule has 1 aliphatic heterocycles. The Kier molecular flexibility index (Phi) is 1.81. The van der Waals surface area contributed by atoms with Crippen LogP contribution in [0.25, 0.3) is 0 Å². The van der Waals surface area contributed by atoms with Crippen LogP contribution < -0.4 is 10.5 Å². The molecule has 0 radical (unpaired) electrons. The van der Waals surface area contributed by atoms with Crippen molar-refractivity contribution in [1.82, 2.24) is 9.97 Å². The molecule has 1 aromatic rings. The normalized spacial score (nSPS) is 16.8. The number of anilines is 1. The fraction of sp³-hybridized carbons (Fsp3) is 0.500. The van der Waals surface area contributed by atoms with Crippen LogP contribution in [-0.4, -0.2) is 23.1 Å². The Morgan fingerprint density at radius 2 is 2.08 bits per heavy atom. The second-order valence-corrected chi connectivity index (χ2v) is 2.98. The number of hydrogen-bond donors (Lipinski definition) is 1. The molecule has 0 atom stereocenters. The van der Waals surface area contributed by atoms with Crippen molar-refractivity contribution in [3.05, 3.63) is 22.7 Å². The smallest absolute Gasteiger partial charge is 0.267 e. The Labute approximate surface area is 70.2 Å². The van der Waals surface area contributed by atoms with Crippen LogP contribution in [0.5, 0.6) is 0 Å². The van der Waals surface area contributed by atoms with Gasteiger partial charge >= 0.3 is 0 Å². The first-order valence-electron chi connectivity index (χ1n) is 4.15. The molecule has 1 N–H and O–H groups in total. The SMILES string of the molecule is O=c1cncc(N2CCCC2)[nH]1. The molecule has 1 saturated heterocycles. The maximum absolute atomic E-state index is 10.9. The lowest BCUT2D eigenvalue weighted by Crippen LogP contribution is -2.22. The fourth-order valence-corrected chi connectivity index (χ4v) is 1.49. The van der Waals surface area contributed by atoms with E-state index in [1.54, 1.807) is 6.20 Å². The van der Waals surface area contributed by atoms with Crippen LogP contribution in [0.15, 0.2) is 17.2 Å². The first-order chi connectivity index (χ1) is 5.86. The average Bonchev–Trinajstić information content (AvgIpc) is 2.56. The van der Waals surface area contributed by atoms with E-state index in [1.165, 1.54) is 19.0 Å². The lowest BCUT2D eigenvalue weighted by atomic mass is 10.4. The first-order valence-corrected chi connectivity index (χ1v) is 4.15. The molecule has 0 saturated carbocycles. The summed E-state index contributed by atoms with van der Waals surface area (Å²) in [6, 6.07) is 0. The molecule has 2 heterocycles. The molecule has 4 nitrogen and oxygen atoms in total. The Hall–Kier alpha value is -1.32. The van der Waals surface area contributed by atoms with Crippen LogP contribution in [0.2, 0.25) is 0 Å². The fourth-order valence-electron chi connectivity index (χ4n) is 1.49. The van der Waals surface area contributed by atoms with Crippen LogP contribution in [-0.2, 0) is 0 Å². The molecule has 0 aliphatic carbocycles. The maximum Gasteiger partial charge on any atom is 0.267 e. The maximum atomic E-state index is 10.9. The quantitative estimate of drug-likeness (QED) is 0.654. The second-order valence-electron chi connectivity index (χ2n) is 2.98. The van der Waals surface area contributed by atoms with Gasteiger partial charge in [-0.3, -0.25) is 9.78 Å². The number of H-pyrrole nitrogens is 1. The van der Waals surface area contributed by atoms with Crippen molar-refractivity contribution in [2.75, 3.05) is 18.0 Å². The Balaban J connectivity index is 2.27. The van der Waals surface area contributed by atoms with Crippen LogP contribution >= 0.6 is 0 Å². The third kappa shape index (κ3) is 1.32. The van der Waals surface area contributed by atoms with E-state index in [2.05, 4.69) is 14.9 Å². The molecule has 64 valence electrons. The minimum Gasteiger partial charge on any atom is -0.357 e. The zero-order valence-corrected chi connectivity index (χ0v) is 6.79. The third-order valence-electron chi connectivity index (χ3n) is 2.09.